The molecule has 0 aromatic heterocycles. The zero-order chi connectivity index (χ0) is 71.1. The third kappa shape index (κ3) is 39.6. The molecule has 12 N–H and O–H groups in total. The summed E-state index contributed by atoms with van der Waals surface area (Å²) in [5, 5.41) is 121. The van der Waals surface area contributed by atoms with E-state index in [1.54, 1.807) is 0 Å². The number of unbranched alkanes of at least 4 members (excludes halogenated alkanes) is 30. The molecule has 3 heterocycles. The number of allylic oxidation sites excluding steroid dienone is 14. The molecule has 17 unspecified atom stereocenters. The van der Waals surface area contributed by atoms with E-state index in [4.69, 9.17) is 28.4 Å². The number of aliphatic hydroxyl groups excluding tert-OH is 11. The number of ether oxygens (including phenoxy) is 6. The molecule has 19 heteroatoms. The van der Waals surface area contributed by atoms with Crippen LogP contribution in [0.3, 0.4) is 0 Å². The molecule has 0 bridgehead atoms. The number of aliphatic hydroxyl groups is 11. The molecule has 0 aromatic rings. The number of carbonyl (C=O) groups excluding carboxylic acids is 1. The van der Waals surface area contributed by atoms with Crippen molar-refractivity contribution in [3.8, 4) is 0 Å². The van der Waals surface area contributed by atoms with Crippen molar-refractivity contribution in [3.05, 3.63) is 85.1 Å². The number of hydrogen-bond acceptors (Lipinski definition) is 18. The van der Waals surface area contributed by atoms with Gasteiger partial charge in [-0.2, -0.15) is 0 Å². The van der Waals surface area contributed by atoms with Crippen LogP contribution in [0.4, 0.5) is 0 Å². The number of amides is 1. The minimum absolute atomic E-state index is 0.182. The minimum Gasteiger partial charge on any atom is -0.394 e. The van der Waals surface area contributed by atoms with Gasteiger partial charge in [0, 0.05) is 6.42 Å². The Hall–Kier alpha value is -3.03. The lowest BCUT2D eigenvalue weighted by Crippen LogP contribution is -2.66. The van der Waals surface area contributed by atoms with E-state index in [-0.39, 0.29) is 18.9 Å². The van der Waals surface area contributed by atoms with E-state index in [9.17, 15) is 61.0 Å². The molecule has 0 saturated carbocycles. The largest absolute Gasteiger partial charge is 0.394 e. The van der Waals surface area contributed by atoms with Crippen molar-refractivity contribution in [1.82, 2.24) is 5.32 Å². The quantitative estimate of drug-likeness (QED) is 0.0199. The van der Waals surface area contributed by atoms with Gasteiger partial charge in [-0.05, 0) is 64.2 Å². The van der Waals surface area contributed by atoms with Crippen LogP contribution < -0.4 is 5.32 Å². The second kappa shape index (κ2) is 59.4. The van der Waals surface area contributed by atoms with Crippen molar-refractivity contribution in [2.24, 2.45) is 0 Å². The van der Waals surface area contributed by atoms with Gasteiger partial charge in [-0.15, -0.1) is 0 Å². The minimum atomic E-state index is -1.98. The zero-order valence-corrected chi connectivity index (χ0v) is 60.5. The maximum atomic E-state index is 13.4. The van der Waals surface area contributed by atoms with E-state index >= 15 is 0 Å². The molecular weight excluding hydrogens is 1250 g/mol. The Labute approximate surface area is 590 Å². The Morgan fingerprint density at radius 2 is 0.694 bits per heavy atom. The standard InChI is InChI=1S/C79H139NO18/c1-3-5-7-9-11-13-15-17-19-21-23-25-27-28-29-30-31-32-33-35-36-38-40-42-44-46-48-50-52-54-56-63(84)62(80-67(85)57-55-53-51-49-47-45-43-41-39-37-34-26-24-22-20-18-16-14-12-10-8-6-4-2)61-93-77-73(91)70(88)75(65(59-82)95-77)98-79-74(92)71(89)76(66(60-83)96-79)97-78-72(90)69(87)68(86)64(58-81)94-78/h6,8,12,14,18,20,24,26,37,39,43,45,49,51,62-66,68-79,81-84,86-92H,3-5,7,9-11,13,15-17,19,21-23,25,27-36,38,40-42,44,46-48,50,52-61H2,1-2H3,(H,80,85)/b8-6-,14-12-,20-18-,26-24-,39-37-,45-43-,51-49-. The highest BCUT2D eigenvalue weighted by atomic mass is 16.8. The predicted molar refractivity (Wildman–Crippen MR) is 388 cm³/mol. The third-order valence-electron chi connectivity index (χ3n) is 19.0. The first-order chi connectivity index (χ1) is 47.8. The molecule has 3 saturated heterocycles. The zero-order valence-electron chi connectivity index (χ0n) is 60.5. The lowest BCUT2D eigenvalue weighted by atomic mass is 9.96. The highest BCUT2D eigenvalue weighted by Gasteiger charge is 2.54. The number of carbonyl (C=O) groups is 1. The van der Waals surface area contributed by atoms with Gasteiger partial charge in [0.25, 0.3) is 0 Å². The molecule has 0 spiro atoms. The van der Waals surface area contributed by atoms with Crippen LogP contribution in [0.1, 0.15) is 277 Å². The number of rotatable bonds is 60. The second-order valence-corrected chi connectivity index (χ2v) is 27.4. The molecule has 0 radical (unpaired) electrons. The monoisotopic (exact) mass is 1390 g/mol. The van der Waals surface area contributed by atoms with Gasteiger partial charge in [0.05, 0.1) is 38.6 Å². The first-order valence-corrected chi connectivity index (χ1v) is 38.8. The lowest BCUT2D eigenvalue weighted by molar-refractivity contribution is -0.379. The van der Waals surface area contributed by atoms with Crippen LogP contribution >= 0.6 is 0 Å². The van der Waals surface area contributed by atoms with Crippen molar-refractivity contribution in [1.29, 1.82) is 0 Å². The highest BCUT2D eigenvalue weighted by Crippen LogP contribution is 2.33. The van der Waals surface area contributed by atoms with Crippen LogP contribution in [0.25, 0.3) is 0 Å². The Kier molecular flexibility index (Phi) is 54.0. The molecule has 3 fully saturated rings. The van der Waals surface area contributed by atoms with E-state index in [2.05, 4.69) is 98.2 Å². The molecule has 98 heavy (non-hydrogen) atoms. The summed E-state index contributed by atoms with van der Waals surface area (Å²) in [6, 6.07) is -0.926. The first-order valence-electron chi connectivity index (χ1n) is 38.8. The Bertz CT molecular complexity index is 2100. The van der Waals surface area contributed by atoms with E-state index < -0.39 is 124 Å². The SMILES string of the molecule is CC/C=C\C/C=C\C/C=C\C/C=C\C/C=C\C/C=C\C/C=C\CCCC(=O)NC(COC1OC(CO)C(OC2OC(CO)C(OC3OC(CO)C(O)C(O)C3O)C(O)C2O)C(O)C1O)C(O)CCCCCCCCCCCCCCCCCCCCCCCCCCCCCCCC. The van der Waals surface area contributed by atoms with Crippen molar-refractivity contribution in [2.45, 2.75) is 381 Å². The van der Waals surface area contributed by atoms with E-state index in [1.165, 1.54) is 167 Å². The molecule has 19 nitrogen and oxygen atoms in total. The van der Waals surface area contributed by atoms with Crippen LogP contribution in [0, 0.1) is 0 Å². The highest BCUT2D eigenvalue weighted by molar-refractivity contribution is 5.76. The first kappa shape index (κ1) is 89.2. The Morgan fingerprint density at radius 3 is 1.06 bits per heavy atom. The van der Waals surface area contributed by atoms with E-state index in [1.807, 2.05) is 6.08 Å². The molecule has 568 valence electrons. The van der Waals surface area contributed by atoms with Crippen molar-refractivity contribution in [3.63, 3.8) is 0 Å². The summed E-state index contributed by atoms with van der Waals surface area (Å²) >= 11 is 0. The normalized spacial score (nSPS) is 27.2. The topological polar surface area (TPSA) is 307 Å². The summed E-state index contributed by atoms with van der Waals surface area (Å²) in [6.45, 7) is 1.67. The Balaban J connectivity index is 1.40. The average Bonchev–Trinajstić information content (AvgIpc) is 0.785. The summed E-state index contributed by atoms with van der Waals surface area (Å²) in [7, 11) is 0. The van der Waals surface area contributed by atoms with Crippen LogP contribution in [-0.2, 0) is 33.2 Å². The molecule has 0 aromatic carbocycles. The van der Waals surface area contributed by atoms with Gasteiger partial charge < -0.3 is 89.9 Å². The van der Waals surface area contributed by atoms with Gasteiger partial charge in [-0.1, -0.05) is 292 Å². The van der Waals surface area contributed by atoms with Crippen molar-refractivity contribution in [2.75, 3.05) is 26.4 Å². The van der Waals surface area contributed by atoms with Gasteiger partial charge in [0.1, 0.15) is 73.2 Å². The third-order valence-corrected chi connectivity index (χ3v) is 19.0. The van der Waals surface area contributed by atoms with Crippen LogP contribution in [0.15, 0.2) is 85.1 Å². The smallest absolute Gasteiger partial charge is 0.220 e. The molecule has 3 aliphatic rings. The lowest BCUT2D eigenvalue weighted by Gasteiger charge is -2.48. The fourth-order valence-electron chi connectivity index (χ4n) is 12.8. The maximum Gasteiger partial charge on any atom is 0.220 e. The number of nitrogens with one attached hydrogen (secondary N) is 1. The molecule has 1 amide bonds. The van der Waals surface area contributed by atoms with Crippen molar-refractivity contribution < 1.29 is 89.4 Å². The van der Waals surface area contributed by atoms with Crippen molar-refractivity contribution >= 4 is 5.91 Å². The molecule has 3 rings (SSSR count). The second-order valence-electron chi connectivity index (χ2n) is 27.4. The Morgan fingerprint density at radius 1 is 0.378 bits per heavy atom. The summed E-state index contributed by atoms with van der Waals surface area (Å²) in [4.78, 5) is 13.4. The summed E-state index contributed by atoms with van der Waals surface area (Å²) < 4.78 is 34.5. The van der Waals surface area contributed by atoms with E-state index in [0.29, 0.717) is 25.7 Å². The average molecular weight is 1390 g/mol. The fraction of sp³-hybridized carbons (Fsp3) is 0.810. The molecule has 17 atom stereocenters. The maximum absolute atomic E-state index is 13.4. The van der Waals surface area contributed by atoms with Gasteiger partial charge in [-0.3, -0.25) is 4.79 Å². The fourth-order valence-corrected chi connectivity index (χ4v) is 12.8. The number of hydrogen-bond donors (Lipinski definition) is 12. The molecule has 3 aliphatic heterocycles. The summed E-state index contributed by atoms with van der Waals surface area (Å²) in [5.41, 5.74) is 0. The van der Waals surface area contributed by atoms with Gasteiger partial charge in [0.2, 0.25) is 5.91 Å². The summed E-state index contributed by atoms with van der Waals surface area (Å²) in [5.74, 6) is -0.300. The van der Waals surface area contributed by atoms with Gasteiger partial charge in [0.15, 0.2) is 18.9 Å². The summed E-state index contributed by atoms with van der Waals surface area (Å²) in [6.07, 6.45) is 51.1. The van der Waals surface area contributed by atoms with Crippen LogP contribution in [0.2, 0.25) is 0 Å². The van der Waals surface area contributed by atoms with Gasteiger partial charge >= 0.3 is 0 Å². The van der Waals surface area contributed by atoms with Crippen LogP contribution in [0.5, 0.6) is 0 Å². The predicted octanol–water partition coefficient (Wildman–Crippen LogP) is 12.2. The van der Waals surface area contributed by atoms with Crippen LogP contribution in [-0.4, -0.2) is 193 Å². The van der Waals surface area contributed by atoms with E-state index in [0.717, 1.165) is 64.2 Å². The van der Waals surface area contributed by atoms with Gasteiger partial charge in [-0.25, -0.2) is 0 Å². The molecular formula is C79H139NO18. The molecule has 0 aliphatic carbocycles.